The van der Waals surface area contributed by atoms with Crippen LogP contribution in [0.15, 0.2) is 24.3 Å². The van der Waals surface area contributed by atoms with E-state index in [1.54, 1.807) is 0 Å². The Kier molecular flexibility index (Phi) is 6.16. The second-order valence-electron chi connectivity index (χ2n) is 4.54. The van der Waals surface area contributed by atoms with E-state index in [0.717, 1.165) is 5.56 Å². The quantitative estimate of drug-likeness (QED) is 0.862. The van der Waals surface area contributed by atoms with Crippen LogP contribution in [0, 0.1) is 5.92 Å². The van der Waals surface area contributed by atoms with E-state index < -0.39 is 0 Å². The molecule has 1 aromatic carbocycles. The van der Waals surface area contributed by atoms with E-state index in [2.05, 4.69) is 0 Å². The van der Waals surface area contributed by atoms with Gasteiger partial charge in [0.15, 0.2) is 0 Å². The molecule has 0 bridgehead atoms. The van der Waals surface area contributed by atoms with Gasteiger partial charge in [0.1, 0.15) is 0 Å². The van der Waals surface area contributed by atoms with E-state index in [0.29, 0.717) is 31.1 Å². The molecule has 3 nitrogen and oxygen atoms in total. The number of carbonyl (C=O) groups is 1. The molecule has 18 heavy (non-hydrogen) atoms. The largest absolute Gasteiger partial charge is 0.339 e. The van der Waals surface area contributed by atoms with Crippen LogP contribution < -0.4 is 5.73 Å². The first-order valence-corrected chi connectivity index (χ1v) is 6.67. The standard InChI is InChI=1S/C14H21ClN2O/c1-3-17(14(18)8-11(2)9-16)10-12-6-4-5-7-13(12)15/h4-7,11H,3,8-10,16H2,1-2H3. The van der Waals surface area contributed by atoms with Crippen LogP contribution in [-0.2, 0) is 11.3 Å². The molecular formula is C14H21ClN2O. The Hall–Kier alpha value is -1.06. The van der Waals surface area contributed by atoms with E-state index in [-0.39, 0.29) is 11.8 Å². The van der Waals surface area contributed by atoms with Crippen molar-refractivity contribution in [3.63, 3.8) is 0 Å². The van der Waals surface area contributed by atoms with Gasteiger partial charge in [0.2, 0.25) is 5.91 Å². The lowest BCUT2D eigenvalue weighted by atomic mass is 10.1. The van der Waals surface area contributed by atoms with Crippen molar-refractivity contribution >= 4 is 17.5 Å². The van der Waals surface area contributed by atoms with Gasteiger partial charge in [0.25, 0.3) is 0 Å². The molecule has 0 aliphatic carbocycles. The van der Waals surface area contributed by atoms with Crippen LogP contribution in [-0.4, -0.2) is 23.9 Å². The zero-order chi connectivity index (χ0) is 13.5. The lowest BCUT2D eigenvalue weighted by Crippen LogP contribution is -2.32. The van der Waals surface area contributed by atoms with Crippen molar-refractivity contribution < 1.29 is 4.79 Å². The summed E-state index contributed by atoms with van der Waals surface area (Å²) in [4.78, 5) is 13.9. The fourth-order valence-electron chi connectivity index (χ4n) is 1.72. The maximum absolute atomic E-state index is 12.1. The van der Waals surface area contributed by atoms with E-state index in [1.807, 2.05) is 43.0 Å². The zero-order valence-electron chi connectivity index (χ0n) is 11.0. The van der Waals surface area contributed by atoms with Crippen LogP contribution in [0.2, 0.25) is 5.02 Å². The molecule has 100 valence electrons. The van der Waals surface area contributed by atoms with Gasteiger partial charge >= 0.3 is 0 Å². The summed E-state index contributed by atoms with van der Waals surface area (Å²) in [5, 5.41) is 0.704. The SMILES string of the molecule is CCN(Cc1ccccc1Cl)C(=O)CC(C)CN. The summed E-state index contributed by atoms with van der Waals surface area (Å²) in [6.07, 6.45) is 0.495. The van der Waals surface area contributed by atoms with Crippen molar-refractivity contribution in [2.75, 3.05) is 13.1 Å². The number of halogens is 1. The summed E-state index contributed by atoms with van der Waals surface area (Å²) in [6, 6.07) is 7.62. The molecule has 0 radical (unpaired) electrons. The Morgan fingerprint density at radius 1 is 1.44 bits per heavy atom. The summed E-state index contributed by atoms with van der Waals surface area (Å²) < 4.78 is 0. The predicted octanol–water partition coefficient (Wildman–Crippen LogP) is 2.67. The second-order valence-corrected chi connectivity index (χ2v) is 4.95. The monoisotopic (exact) mass is 268 g/mol. The van der Waals surface area contributed by atoms with Gasteiger partial charge in [0.05, 0.1) is 0 Å². The van der Waals surface area contributed by atoms with E-state index >= 15 is 0 Å². The number of nitrogens with two attached hydrogens (primary N) is 1. The summed E-state index contributed by atoms with van der Waals surface area (Å²) in [6.45, 7) is 5.74. The molecule has 1 aromatic rings. The van der Waals surface area contributed by atoms with E-state index in [4.69, 9.17) is 17.3 Å². The number of rotatable bonds is 6. The maximum atomic E-state index is 12.1. The third-order valence-electron chi connectivity index (χ3n) is 2.98. The van der Waals surface area contributed by atoms with Crippen LogP contribution in [0.4, 0.5) is 0 Å². The number of hydrogen-bond acceptors (Lipinski definition) is 2. The van der Waals surface area contributed by atoms with E-state index in [1.165, 1.54) is 0 Å². The fraction of sp³-hybridized carbons (Fsp3) is 0.500. The van der Waals surface area contributed by atoms with Gasteiger partial charge in [-0.2, -0.15) is 0 Å². The second kappa shape index (κ2) is 7.39. The Morgan fingerprint density at radius 2 is 2.11 bits per heavy atom. The average Bonchev–Trinajstić information content (AvgIpc) is 2.37. The zero-order valence-corrected chi connectivity index (χ0v) is 11.8. The minimum atomic E-state index is 0.135. The van der Waals surface area contributed by atoms with Gasteiger partial charge < -0.3 is 10.6 Å². The Balaban J connectivity index is 2.67. The van der Waals surface area contributed by atoms with Crippen molar-refractivity contribution in [1.29, 1.82) is 0 Å². The van der Waals surface area contributed by atoms with Crippen molar-refractivity contribution in [1.82, 2.24) is 4.90 Å². The molecule has 0 saturated carbocycles. The Bertz CT molecular complexity index is 395. The third kappa shape index (κ3) is 4.31. The summed E-state index contributed by atoms with van der Waals surface area (Å²) in [5.74, 6) is 0.355. The van der Waals surface area contributed by atoms with Crippen molar-refractivity contribution in [3.8, 4) is 0 Å². The number of hydrogen-bond donors (Lipinski definition) is 1. The highest BCUT2D eigenvalue weighted by atomic mass is 35.5. The molecule has 0 heterocycles. The van der Waals surface area contributed by atoms with Gasteiger partial charge in [-0.25, -0.2) is 0 Å². The molecule has 1 unspecified atom stereocenters. The fourth-order valence-corrected chi connectivity index (χ4v) is 1.91. The molecule has 1 amide bonds. The molecular weight excluding hydrogens is 248 g/mol. The first kappa shape index (κ1) is 15.0. The number of carbonyl (C=O) groups excluding carboxylic acids is 1. The van der Waals surface area contributed by atoms with Crippen molar-refractivity contribution in [2.24, 2.45) is 11.7 Å². The highest BCUT2D eigenvalue weighted by Gasteiger charge is 2.15. The topological polar surface area (TPSA) is 46.3 Å². The van der Waals surface area contributed by atoms with Gasteiger partial charge in [-0.1, -0.05) is 36.7 Å². The molecule has 1 rings (SSSR count). The molecule has 0 aliphatic heterocycles. The smallest absolute Gasteiger partial charge is 0.223 e. The molecule has 1 atom stereocenters. The maximum Gasteiger partial charge on any atom is 0.223 e. The molecule has 2 N–H and O–H groups in total. The normalized spacial score (nSPS) is 12.2. The molecule has 0 fully saturated rings. The van der Waals surface area contributed by atoms with Crippen molar-refractivity contribution in [2.45, 2.75) is 26.8 Å². The van der Waals surface area contributed by atoms with Gasteiger partial charge in [-0.3, -0.25) is 4.79 Å². The van der Waals surface area contributed by atoms with Gasteiger partial charge in [0, 0.05) is 24.5 Å². The van der Waals surface area contributed by atoms with Crippen LogP contribution in [0.25, 0.3) is 0 Å². The number of amides is 1. The Morgan fingerprint density at radius 3 is 2.67 bits per heavy atom. The minimum absolute atomic E-state index is 0.135. The summed E-state index contributed by atoms with van der Waals surface area (Å²) in [7, 11) is 0. The lowest BCUT2D eigenvalue weighted by Gasteiger charge is -2.23. The summed E-state index contributed by atoms with van der Waals surface area (Å²) in [5.41, 5.74) is 6.53. The van der Waals surface area contributed by atoms with Gasteiger partial charge in [-0.05, 0) is 31.0 Å². The van der Waals surface area contributed by atoms with Crippen LogP contribution in [0.3, 0.4) is 0 Å². The van der Waals surface area contributed by atoms with Gasteiger partial charge in [-0.15, -0.1) is 0 Å². The molecule has 0 spiro atoms. The van der Waals surface area contributed by atoms with Crippen LogP contribution in [0.1, 0.15) is 25.8 Å². The lowest BCUT2D eigenvalue weighted by molar-refractivity contribution is -0.132. The highest BCUT2D eigenvalue weighted by molar-refractivity contribution is 6.31. The predicted molar refractivity (Wildman–Crippen MR) is 75.4 cm³/mol. The number of benzene rings is 1. The first-order valence-electron chi connectivity index (χ1n) is 6.29. The third-order valence-corrected chi connectivity index (χ3v) is 3.35. The van der Waals surface area contributed by atoms with E-state index in [9.17, 15) is 4.79 Å². The summed E-state index contributed by atoms with van der Waals surface area (Å²) >= 11 is 6.11. The van der Waals surface area contributed by atoms with Crippen LogP contribution >= 0.6 is 11.6 Å². The average molecular weight is 269 g/mol. The molecule has 0 saturated heterocycles. The minimum Gasteiger partial charge on any atom is -0.339 e. The van der Waals surface area contributed by atoms with Crippen molar-refractivity contribution in [3.05, 3.63) is 34.9 Å². The first-order chi connectivity index (χ1) is 8.58. The molecule has 0 aromatic heterocycles. The molecule has 0 aliphatic rings. The Labute approximate surface area is 114 Å². The number of nitrogens with zero attached hydrogens (tertiary/aromatic N) is 1. The highest BCUT2D eigenvalue weighted by Crippen LogP contribution is 2.17. The van der Waals surface area contributed by atoms with Crippen LogP contribution in [0.5, 0.6) is 0 Å². The molecule has 4 heteroatoms.